The Labute approximate surface area is 156 Å². The molecular formula is C19H22F2N4O2. The molecule has 6 nitrogen and oxygen atoms in total. The fourth-order valence-electron chi connectivity index (χ4n) is 2.53. The highest BCUT2D eigenvalue weighted by molar-refractivity contribution is 5.92. The lowest BCUT2D eigenvalue weighted by Crippen LogP contribution is -2.38. The summed E-state index contributed by atoms with van der Waals surface area (Å²) in [5.74, 6) is 0.290. The van der Waals surface area contributed by atoms with E-state index in [0.29, 0.717) is 24.6 Å². The average Bonchev–Trinajstić information content (AvgIpc) is 2.63. The van der Waals surface area contributed by atoms with Gasteiger partial charge in [0.1, 0.15) is 5.75 Å². The minimum Gasteiger partial charge on any atom is -0.435 e. The van der Waals surface area contributed by atoms with E-state index < -0.39 is 12.5 Å². The number of benzene rings is 2. The number of guanidine groups is 1. The van der Waals surface area contributed by atoms with Crippen LogP contribution in [0.5, 0.6) is 5.75 Å². The van der Waals surface area contributed by atoms with Gasteiger partial charge in [0.2, 0.25) is 5.91 Å². The standard InChI is InChI=1S/C19H22F2N4O2/c1-23-19(24-11-14-4-3-5-15(10-14)17(22)26)25(2)12-13-6-8-16(9-7-13)27-18(20)21/h3-10,18H,11-12H2,1-2H3,(H2,22,26)(H,23,24). The normalized spacial score (nSPS) is 11.4. The van der Waals surface area contributed by atoms with Crippen LogP contribution < -0.4 is 15.8 Å². The van der Waals surface area contributed by atoms with E-state index in [4.69, 9.17) is 5.73 Å². The molecular weight excluding hydrogens is 354 g/mol. The topological polar surface area (TPSA) is 79.9 Å². The van der Waals surface area contributed by atoms with Gasteiger partial charge in [-0.05, 0) is 35.4 Å². The number of ether oxygens (including phenoxy) is 1. The molecule has 0 atom stereocenters. The van der Waals surface area contributed by atoms with E-state index in [-0.39, 0.29) is 5.75 Å². The van der Waals surface area contributed by atoms with Gasteiger partial charge in [-0.3, -0.25) is 9.79 Å². The molecule has 2 aromatic rings. The molecule has 2 aromatic carbocycles. The van der Waals surface area contributed by atoms with Gasteiger partial charge in [-0.25, -0.2) is 0 Å². The van der Waals surface area contributed by atoms with Crippen molar-refractivity contribution in [2.75, 3.05) is 14.1 Å². The molecule has 0 radical (unpaired) electrons. The molecule has 0 aliphatic rings. The van der Waals surface area contributed by atoms with Gasteiger partial charge < -0.3 is 20.7 Å². The Bertz CT molecular complexity index is 795. The zero-order chi connectivity index (χ0) is 19.8. The van der Waals surface area contributed by atoms with Crippen LogP contribution in [-0.4, -0.2) is 37.5 Å². The zero-order valence-corrected chi connectivity index (χ0v) is 15.2. The number of hydrogen-bond donors (Lipinski definition) is 2. The number of halogens is 2. The first-order valence-electron chi connectivity index (χ1n) is 8.23. The Morgan fingerprint density at radius 1 is 1.22 bits per heavy atom. The monoisotopic (exact) mass is 376 g/mol. The number of carbonyl (C=O) groups is 1. The van der Waals surface area contributed by atoms with Crippen molar-refractivity contribution in [1.29, 1.82) is 0 Å². The third-order valence-electron chi connectivity index (χ3n) is 3.80. The molecule has 0 spiro atoms. The second-order valence-electron chi connectivity index (χ2n) is 5.84. The second kappa shape index (κ2) is 9.51. The molecule has 8 heteroatoms. The summed E-state index contributed by atoms with van der Waals surface area (Å²) >= 11 is 0. The first-order valence-corrected chi connectivity index (χ1v) is 8.23. The van der Waals surface area contributed by atoms with Crippen molar-refractivity contribution in [3.05, 3.63) is 65.2 Å². The Hall–Kier alpha value is -3.16. The van der Waals surface area contributed by atoms with Gasteiger partial charge in [0.25, 0.3) is 0 Å². The van der Waals surface area contributed by atoms with E-state index in [2.05, 4.69) is 15.0 Å². The van der Waals surface area contributed by atoms with Crippen molar-refractivity contribution in [2.45, 2.75) is 19.7 Å². The van der Waals surface area contributed by atoms with Crippen LogP contribution in [0, 0.1) is 0 Å². The van der Waals surface area contributed by atoms with E-state index in [9.17, 15) is 13.6 Å². The lowest BCUT2D eigenvalue weighted by molar-refractivity contribution is -0.0498. The van der Waals surface area contributed by atoms with Crippen LogP contribution >= 0.6 is 0 Å². The first-order chi connectivity index (χ1) is 12.9. The summed E-state index contributed by atoms with van der Waals surface area (Å²) < 4.78 is 28.7. The number of aliphatic imine (C=N–C) groups is 1. The predicted molar refractivity (Wildman–Crippen MR) is 99.7 cm³/mol. The Balaban J connectivity index is 1.94. The molecule has 0 aromatic heterocycles. The number of amides is 1. The average molecular weight is 376 g/mol. The quantitative estimate of drug-likeness (QED) is 0.575. The van der Waals surface area contributed by atoms with Gasteiger partial charge in [-0.2, -0.15) is 8.78 Å². The van der Waals surface area contributed by atoms with Gasteiger partial charge in [0.15, 0.2) is 5.96 Å². The molecule has 3 N–H and O–H groups in total. The molecule has 0 bridgehead atoms. The SMILES string of the molecule is CN=C(NCc1cccc(C(N)=O)c1)N(C)Cc1ccc(OC(F)F)cc1. The maximum atomic E-state index is 12.2. The number of primary amides is 1. The van der Waals surface area contributed by atoms with Crippen molar-refractivity contribution in [3.8, 4) is 5.75 Å². The number of rotatable bonds is 7. The third kappa shape index (κ3) is 6.25. The molecule has 0 heterocycles. The predicted octanol–water partition coefficient (Wildman–Crippen LogP) is 2.59. The van der Waals surface area contributed by atoms with Crippen molar-refractivity contribution in [3.63, 3.8) is 0 Å². The van der Waals surface area contributed by atoms with Crippen molar-refractivity contribution in [2.24, 2.45) is 10.7 Å². The van der Waals surface area contributed by atoms with E-state index in [1.165, 1.54) is 12.1 Å². The van der Waals surface area contributed by atoms with Gasteiger partial charge in [-0.1, -0.05) is 24.3 Å². The van der Waals surface area contributed by atoms with E-state index in [1.54, 1.807) is 37.4 Å². The first kappa shape index (κ1) is 20.2. The lowest BCUT2D eigenvalue weighted by Gasteiger charge is -2.22. The summed E-state index contributed by atoms with van der Waals surface area (Å²) in [7, 11) is 3.52. The zero-order valence-electron chi connectivity index (χ0n) is 15.2. The molecule has 2 rings (SSSR count). The number of nitrogens with one attached hydrogen (secondary N) is 1. The van der Waals surface area contributed by atoms with Crippen LogP contribution in [0.25, 0.3) is 0 Å². The molecule has 0 saturated carbocycles. The van der Waals surface area contributed by atoms with Crippen LogP contribution in [0.3, 0.4) is 0 Å². The molecule has 0 unspecified atom stereocenters. The minimum atomic E-state index is -2.84. The minimum absolute atomic E-state index is 0.119. The van der Waals surface area contributed by atoms with Gasteiger partial charge in [0, 0.05) is 32.7 Å². The fourth-order valence-corrected chi connectivity index (χ4v) is 2.53. The highest BCUT2D eigenvalue weighted by atomic mass is 19.3. The van der Waals surface area contributed by atoms with E-state index >= 15 is 0 Å². The summed E-state index contributed by atoms with van der Waals surface area (Å²) in [4.78, 5) is 17.4. The Morgan fingerprint density at radius 3 is 2.52 bits per heavy atom. The maximum absolute atomic E-state index is 12.2. The van der Waals surface area contributed by atoms with Crippen LogP contribution in [0.2, 0.25) is 0 Å². The van der Waals surface area contributed by atoms with Gasteiger partial charge in [0.05, 0.1) is 0 Å². The number of hydrogen-bond acceptors (Lipinski definition) is 3. The number of nitrogens with zero attached hydrogens (tertiary/aromatic N) is 2. The van der Waals surface area contributed by atoms with Crippen LogP contribution in [-0.2, 0) is 13.1 Å². The Kier molecular flexibility index (Phi) is 7.10. The maximum Gasteiger partial charge on any atom is 0.387 e. The summed E-state index contributed by atoms with van der Waals surface area (Å²) in [6.07, 6.45) is 0. The molecule has 0 aliphatic heterocycles. The molecule has 144 valence electrons. The van der Waals surface area contributed by atoms with Crippen LogP contribution in [0.1, 0.15) is 21.5 Å². The molecule has 0 aliphatic carbocycles. The number of nitrogens with two attached hydrogens (primary N) is 1. The molecule has 27 heavy (non-hydrogen) atoms. The number of carbonyl (C=O) groups excluding carboxylic acids is 1. The molecule has 1 amide bonds. The van der Waals surface area contributed by atoms with Crippen LogP contribution in [0.4, 0.5) is 8.78 Å². The highest BCUT2D eigenvalue weighted by Crippen LogP contribution is 2.15. The summed E-state index contributed by atoms with van der Waals surface area (Å²) in [6, 6.07) is 13.5. The fraction of sp³-hybridized carbons (Fsp3) is 0.263. The van der Waals surface area contributed by atoms with E-state index in [1.807, 2.05) is 18.0 Å². The van der Waals surface area contributed by atoms with Crippen LogP contribution in [0.15, 0.2) is 53.5 Å². The van der Waals surface area contributed by atoms with E-state index in [0.717, 1.165) is 11.1 Å². The van der Waals surface area contributed by atoms with Crippen molar-refractivity contribution < 1.29 is 18.3 Å². The van der Waals surface area contributed by atoms with Crippen molar-refractivity contribution >= 4 is 11.9 Å². The highest BCUT2D eigenvalue weighted by Gasteiger charge is 2.09. The largest absolute Gasteiger partial charge is 0.435 e. The molecule has 0 saturated heterocycles. The smallest absolute Gasteiger partial charge is 0.387 e. The second-order valence-corrected chi connectivity index (χ2v) is 5.84. The summed E-state index contributed by atoms with van der Waals surface area (Å²) in [5.41, 5.74) is 7.55. The number of alkyl halides is 2. The summed E-state index contributed by atoms with van der Waals surface area (Å²) in [5, 5.41) is 3.21. The third-order valence-corrected chi connectivity index (χ3v) is 3.80. The van der Waals surface area contributed by atoms with Crippen molar-refractivity contribution in [1.82, 2.24) is 10.2 Å². The van der Waals surface area contributed by atoms with Gasteiger partial charge in [-0.15, -0.1) is 0 Å². The Morgan fingerprint density at radius 2 is 1.93 bits per heavy atom. The lowest BCUT2D eigenvalue weighted by atomic mass is 10.1. The summed E-state index contributed by atoms with van der Waals surface area (Å²) in [6.45, 7) is -1.84. The van der Waals surface area contributed by atoms with Gasteiger partial charge >= 0.3 is 6.61 Å². The molecule has 0 fully saturated rings.